The molecule has 0 fully saturated rings. The first-order chi connectivity index (χ1) is 5.03. The zero-order valence-electron chi connectivity index (χ0n) is 7.22. The number of hydrogen-bond donors (Lipinski definition) is 0. The smallest absolute Gasteiger partial charge is 0.263 e. The van der Waals surface area contributed by atoms with Crippen LogP contribution in [0.2, 0.25) is 0 Å². The van der Waals surface area contributed by atoms with Gasteiger partial charge in [0.1, 0.15) is 6.10 Å². The van der Waals surface area contributed by atoms with E-state index in [1.807, 2.05) is 6.92 Å². The monoisotopic (exact) mass is 151 g/mol. The molecular weight excluding hydrogens is 138 g/mol. The van der Waals surface area contributed by atoms with Crippen LogP contribution in [-0.2, 0) is 4.74 Å². The van der Waals surface area contributed by atoms with Gasteiger partial charge in [-0.25, -0.2) is 4.99 Å². The number of nitrogens with zero attached hydrogens (tertiary/aromatic N) is 1. The van der Waals surface area contributed by atoms with E-state index in [0.717, 1.165) is 6.42 Å². The molecule has 11 heavy (non-hydrogen) atoms. The highest BCUT2D eigenvalue weighted by atomic mass is 16.5. The van der Waals surface area contributed by atoms with Gasteiger partial charge in [0.05, 0.1) is 5.54 Å². The molecule has 0 saturated heterocycles. The van der Waals surface area contributed by atoms with Crippen LogP contribution in [-0.4, -0.2) is 17.5 Å². The average molecular weight is 151 g/mol. The third-order valence-corrected chi connectivity index (χ3v) is 1.63. The van der Waals surface area contributed by atoms with Gasteiger partial charge >= 0.3 is 0 Å². The molecule has 0 aromatic heterocycles. The summed E-state index contributed by atoms with van der Waals surface area (Å²) in [5, 5.41) is 0. The van der Waals surface area contributed by atoms with Gasteiger partial charge in [0.25, 0.3) is 5.90 Å². The predicted molar refractivity (Wildman–Crippen MR) is 45.5 cm³/mol. The molecule has 1 aliphatic heterocycles. The Kier molecular flexibility index (Phi) is 1.90. The van der Waals surface area contributed by atoms with E-state index >= 15 is 0 Å². The van der Waals surface area contributed by atoms with Crippen LogP contribution in [0.3, 0.4) is 0 Å². The molecule has 2 heteroatoms. The van der Waals surface area contributed by atoms with E-state index in [1.54, 1.807) is 0 Å². The van der Waals surface area contributed by atoms with Crippen LogP contribution in [0, 0.1) is 12.3 Å². The first-order valence-electron chi connectivity index (χ1n) is 3.76. The Morgan fingerprint density at radius 1 is 1.73 bits per heavy atom. The van der Waals surface area contributed by atoms with Crippen molar-refractivity contribution in [3.8, 4) is 12.3 Å². The van der Waals surface area contributed by atoms with Crippen molar-refractivity contribution < 1.29 is 4.74 Å². The lowest BCUT2D eigenvalue weighted by molar-refractivity contribution is 0.148. The molecule has 1 unspecified atom stereocenters. The fourth-order valence-electron chi connectivity index (χ4n) is 1.35. The van der Waals surface area contributed by atoms with Gasteiger partial charge in [-0.3, -0.25) is 0 Å². The van der Waals surface area contributed by atoms with Gasteiger partial charge in [0.2, 0.25) is 0 Å². The van der Waals surface area contributed by atoms with Crippen LogP contribution in [0.4, 0.5) is 0 Å². The normalized spacial score (nSPS) is 28.2. The Balaban J connectivity index is 2.84. The van der Waals surface area contributed by atoms with Crippen molar-refractivity contribution in [2.24, 2.45) is 4.99 Å². The number of ether oxygens (including phenoxy) is 1. The summed E-state index contributed by atoms with van der Waals surface area (Å²) < 4.78 is 5.28. The minimum Gasteiger partial charge on any atom is -0.468 e. The second kappa shape index (κ2) is 2.58. The maximum absolute atomic E-state index is 5.28. The SMILES string of the molecule is C#CC1=NC(C)(C)CC(C)O1. The van der Waals surface area contributed by atoms with Crippen LogP contribution >= 0.6 is 0 Å². The van der Waals surface area contributed by atoms with Crippen LogP contribution in [0.25, 0.3) is 0 Å². The molecule has 1 rings (SSSR count). The summed E-state index contributed by atoms with van der Waals surface area (Å²) in [4.78, 5) is 4.24. The molecule has 0 aromatic carbocycles. The Morgan fingerprint density at radius 2 is 2.36 bits per heavy atom. The molecular formula is C9H13NO. The summed E-state index contributed by atoms with van der Waals surface area (Å²) in [6.07, 6.45) is 6.30. The molecule has 1 atom stereocenters. The Morgan fingerprint density at radius 3 is 2.82 bits per heavy atom. The molecule has 0 aliphatic carbocycles. The van der Waals surface area contributed by atoms with Crippen molar-refractivity contribution >= 4 is 5.90 Å². The van der Waals surface area contributed by atoms with Gasteiger partial charge in [0.15, 0.2) is 0 Å². The maximum Gasteiger partial charge on any atom is 0.263 e. The van der Waals surface area contributed by atoms with Gasteiger partial charge in [-0.05, 0) is 26.7 Å². The molecule has 0 saturated carbocycles. The highest BCUT2D eigenvalue weighted by Gasteiger charge is 2.26. The van der Waals surface area contributed by atoms with Gasteiger partial charge in [-0.2, -0.15) is 0 Å². The molecule has 0 N–H and O–H groups in total. The first-order valence-corrected chi connectivity index (χ1v) is 3.76. The second-order valence-electron chi connectivity index (χ2n) is 3.51. The van der Waals surface area contributed by atoms with Crippen molar-refractivity contribution in [1.29, 1.82) is 0 Å². The van der Waals surface area contributed by atoms with E-state index in [2.05, 4.69) is 24.8 Å². The summed E-state index contributed by atoms with van der Waals surface area (Å²) >= 11 is 0. The lowest BCUT2D eigenvalue weighted by Gasteiger charge is -2.29. The lowest BCUT2D eigenvalue weighted by Crippen LogP contribution is -2.33. The second-order valence-corrected chi connectivity index (χ2v) is 3.51. The van der Waals surface area contributed by atoms with Crippen molar-refractivity contribution in [3.05, 3.63) is 0 Å². The third-order valence-electron chi connectivity index (χ3n) is 1.63. The zero-order chi connectivity index (χ0) is 8.48. The van der Waals surface area contributed by atoms with E-state index in [1.165, 1.54) is 0 Å². The molecule has 1 aliphatic rings. The minimum absolute atomic E-state index is 0.0562. The molecule has 0 bridgehead atoms. The van der Waals surface area contributed by atoms with Crippen LogP contribution < -0.4 is 0 Å². The molecule has 1 heterocycles. The van der Waals surface area contributed by atoms with E-state index < -0.39 is 0 Å². The van der Waals surface area contributed by atoms with E-state index in [4.69, 9.17) is 11.2 Å². The predicted octanol–water partition coefficient (Wildman–Crippen LogP) is 1.61. The van der Waals surface area contributed by atoms with Crippen molar-refractivity contribution in [2.75, 3.05) is 0 Å². The Labute approximate surface area is 67.7 Å². The first kappa shape index (κ1) is 8.13. The quantitative estimate of drug-likeness (QED) is 0.482. The number of rotatable bonds is 0. The van der Waals surface area contributed by atoms with Crippen molar-refractivity contribution in [1.82, 2.24) is 0 Å². The van der Waals surface area contributed by atoms with Gasteiger partial charge in [-0.1, -0.05) is 0 Å². The summed E-state index contributed by atoms with van der Waals surface area (Å²) in [6, 6.07) is 0. The van der Waals surface area contributed by atoms with E-state index in [9.17, 15) is 0 Å². The lowest BCUT2D eigenvalue weighted by atomic mass is 9.97. The van der Waals surface area contributed by atoms with E-state index in [-0.39, 0.29) is 11.6 Å². The molecule has 2 nitrogen and oxygen atoms in total. The zero-order valence-corrected chi connectivity index (χ0v) is 7.22. The average Bonchev–Trinajstić information content (AvgIpc) is 1.83. The van der Waals surface area contributed by atoms with Crippen molar-refractivity contribution in [3.63, 3.8) is 0 Å². The third kappa shape index (κ3) is 1.98. The Bertz CT molecular complexity index is 222. The fraction of sp³-hybridized carbons (Fsp3) is 0.667. The topological polar surface area (TPSA) is 21.6 Å². The van der Waals surface area contributed by atoms with Gasteiger partial charge in [-0.15, -0.1) is 6.42 Å². The standard InChI is InChI=1S/C9H13NO/c1-5-8-10-9(3,4)6-7(2)11-8/h1,7H,6H2,2-4H3. The Hall–Kier alpha value is -0.970. The highest BCUT2D eigenvalue weighted by molar-refractivity contribution is 5.93. The van der Waals surface area contributed by atoms with Gasteiger partial charge in [0, 0.05) is 6.42 Å². The van der Waals surface area contributed by atoms with Crippen molar-refractivity contribution in [2.45, 2.75) is 38.8 Å². The largest absolute Gasteiger partial charge is 0.468 e. The fourth-order valence-corrected chi connectivity index (χ4v) is 1.35. The van der Waals surface area contributed by atoms with Crippen LogP contribution in [0.5, 0.6) is 0 Å². The molecule has 0 spiro atoms. The summed E-state index contributed by atoms with van der Waals surface area (Å²) in [5.74, 6) is 2.86. The number of terminal acetylenes is 1. The minimum atomic E-state index is -0.0562. The summed E-state index contributed by atoms with van der Waals surface area (Å²) in [7, 11) is 0. The van der Waals surface area contributed by atoms with E-state index in [0.29, 0.717) is 5.90 Å². The summed E-state index contributed by atoms with van der Waals surface area (Å²) in [5.41, 5.74) is -0.0562. The number of aliphatic imine (C=N–C) groups is 1. The highest BCUT2D eigenvalue weighted by Crippen LogP contribution is 2.23. The van der Waals surface area contributed by atoms with Gasteiger partial charge < -0.3 is 4.74 Å². The molecule has 0 amide bonds. The van der Waals surface area contributed by atoms with Crippen LogP contribution in [0.1, 0.15) is 27.2 Å². The summed E-state index contributed by atoms with van der Waals surface area (Å²) in [6.45, 7) is 6.13. The molecule has 0 radical (unpaired) electrons. The van der Waals surface area contributed by atoms with Crippen LogP contribution in [0.15, 0.2) is 4.99 Å². The molecule has 60 valence electrons. The maximum atomic E-state index is 5.28. The number of hydrogen-bond acceptors (Lipinski definition) is 2. The molecule has 0 aromatic rings.